The van der Waals surface area contributed by atoms with Gasteiger partial charge in [0.25, 0.3) is 5.91 Å². The second kappa shape index (κ2) is 10.6. The van der Waals surface area contributed by atoms with Crippen molar-refractivity contribution in [1.29, 1.82) is 0 Å². The number of hydrogen-bond acceptors (Lipinski definition) is 7. The quantitative estimate of drug-likeness (QED) is 0.577. The number of amides is 4. The van der Waals surface area contributed by atoms with Crippen LogP contribution in [0.2, 0.25) is 0 Å². The van der Waals surface area contributed by atoms with Crippen LogP contribution in [0.15, 0.2) is 30.3 Å². The molecule has 0 saturated carbocycles. The number of piperazine rings is 1. The third-order valence-corrected chi connectivity index (χ3v) is 5.50. The van der Waals surface area contributed by atoms with E-state index in [0.29, 0.717) is 24.4 Å². The van der Waals surface area contributed by atoms with Crippen LogP contribution in [0, 0.1) is 0 Å². The molecule has 1 atom stereocenters. The average Bonchev–Trinajstić information content (AvgIpc) is 2.84. The van der Waals surface area contributed by atoms with Gasteiger partial charge in [-0.3, -0.25) is 14.4 Å². The van der Waals surface area contributed by atoms with E-state index in [1.165, 1.54) is 30.1 Å². The maximum atomic E-state index is 13.2. The molecule has 3 rings (SSSR count). The summed E-state index contributed by atoms with van der Waals surface area (Å²) in [5, 5.41) is 3.45. The van der Waals surface area contributed by atoms with Gasteiger partial charge in [0.2, 0.25) is 5.91 Å². The van der Waals surface area contributed by atoms with Gasteiger partial charge in [-0.1, -0.05) is 12.1 Å². The highest BCUT2D eigenvalue weighted by molar-refractivity contribution is 5.99. The molecule has 176 valence electrons. The molecule has 0 bridgehead atoms. The van der Waals surface area contributed by atoms with Crippen LogP contribution in [-0.4, -0.2) is 85.0 Å². The summed E-state index contributed by atoms with van der Waals surface area (Å²) in [6.45, 7) is 1.13. The van der Waals surface area contributed by atoms with Gasteiger partial charge in [0.15, 0.2) is 0 Å². The molecule has 1 fully saturated rings. The number of primary amides is 1. The summed E-state index contributed by atoms with van der Waals surface area (Å²) in [4.78, 5) is 56.6. The molecule has 3 N–H and O–H groups in total. The number of carbonyl (C=O) groups excluding carboxylic acids is 4. The van der Waals surface area contributed by atoms with E-state index in [0.717, 1.165) is 5.39 Å². The van der Waals surface area contributed by atoms with Crippen molar-refractivity contribution in [2.24, 2.45) is 5.73 Å². The summed E-state index contributed by atoms with van der Waals surface area (Å²) in [7, 11) is 2.75. The first-order chi connectivity index (χ1) is 15.8. The Morgan fingerprint density at radius 1 is 1.09 bits per heavy atom. The predicted molar refractivity (Wildman–Crippen MR) is 119 cm³/mol. The van der Waals surface area contributed by atoms with Crippen molar-refractivity contribution in [2.45, 2.75) is 18.9 Å². The van der Waals surface area contributed by atoms with E-state index in [1.807, 2.05) is 12.1 Å². The van der Waals surface area contributed by atoms with Crippen LogP contribution in [-0.2, 0) is 14.3 Å². The van der Waals surface area contributed by atoms with Crippen molar-refractivity contribution < 1.29 is 28.7 Å². The topological polar surface area (TPSA) is 144 Å². The zero-order valence-corrected chi connectivity index (χ0v) is 18.6. The summed E-state index contributed by atoms with van der Waals surface area (Å²) in [6.07, 6.45) is 0.000897. The summed E-state index contributed by atoms with van der Waals surface area (Å²) in [5.74, 6) is -0.945. The van der Waals surface area contributed by atoms with E-state index < -0.39 is 23.9 Å². The Labute approximate surface area is 190 Å². The molecule has 33 heavy (non-hydrogen) atoms. The molecule has 11 nitrogen and oxygen atoms in total. The van der Waals surface area contributed by atoms with Gasteiger partial charge in [-0.25, -0.2) is 9.78 Å². The third kappa shape index (κ3) is 5.68. The average molecular weight is 457 g/mol. The highest BCUT2D eigenvalue weighted by Gasteiger charge is 2.30. The number of urea groups is 1. The number of fused-ring (bicyclic) bond motifs is 1. The fourth-order valence-electron chi connectivity index (χ4n) is 3.65. The van der Waals surface area contributed by atoms with E-state index in [4.69, 9.17) is 10.5 Å². The van der Waals surface area contributed by atoms with E-state index in [1.54, 1.807) is 12.1 Å². The van der Waals surface area contributed by atoms with E-state index >= 15 is 0 Å². The normalized spacial score (nSPS) is 14.5. The monoisotopic (exact) mass is 457 g/mol. The second-order valence-electron chi connectivity index (χ2n) is 7.52. The fourth-order valence-corrected chi connectivity index (χ4v) is 3.65. The molecule has 1 aromatic carbocycles. The minimum atomic E-state index is -0.976. The van der Waals surface area contributed by atoms with Crippen LogP contribution >= 0.6 is 0 Å². The van der Waals surface area contributed by atoms with Crippen molar-refractivity contribution in [3.8, 4) is 5.75 Å². The molecule has 0 aliphatic carbocycles. The van der Waals surface area contributed by atoms with Crippen LogP contribution in [0.1, 0.15) is 23.3 Å². The fraction of sp³-hybridized carbons (Fsp3) is 0.409. The van der Waals surface area contributed by atoms with Crippen LogP contribution in [0.3, 0.4) is 0 Å². The number of pyridine rings is 1. The number of aromatic nitrogens is 1. The lowest BCUT2D eigenvalue weighted by Crippen LogP contribution is -2.56. The van der Waals surface area contributed by atoms with Crippen LogP contribution < -0.4 is 15.8 Å². The van der Waals surface area contributed by atoms with E-state index in [9.17, 15) is 19.2 Å². The number of rotatable bonds is 7. The molecule has 2 heterocycles. The lowest BCUT2D eigenvalue weighted by Gasteiger charge is -2.35. The van der Waals surface area contributed by atoms with Crippen LogP contribution in [0.25, 0.3) is 10.9 Å². The van der Waals surface area contributed by atoms with Gasteiger partial charge in [0.1, 0.15) is 17.5 Å². The summed E-state index contributed by atoms with van der Waals surface area (Å²) < 4.78 is 10.1. The number of methoxy groups -OCH3 is 2. The Morgan fingerprint density at radius 3 is 2.39 bits per heavy atom. The zero-order chi connectivity index (χ0) is 24.0. The minimum absolute atomic E-state index is 0.0527. The Morgan fingerprint density at radius 2 is 1.76 bits per heavy atom. The largest absolute Gasteiger partial charge is 0.496 e. The second-order valence-corrected chi connectivity index (χ2v) is 7.52. The molecule has 1 saturated heterocycles. The highest BCUT2D eigenvalue weighted by atomic mass is 16.5. The lowest BCUT2D eigenvalue weighted by molar-refractivity contribution is -0.141. The van der Waals surface area contributed by atoms with Gasteiger partial charge >= 0.3 is 12.0 Å². The summed E-state index contributed by atoms with van der Waals surface area (Å²) >= 11 is 0. The molecule has 1 unspecified atom stereocenters. The third-order valence-electron chi connectivity index (χ3n) is 5.50. The molecule has 1 aromatic heterocycles. The Balaban J connectivity index is 1.79. The Kier molecular flexibility index (Phi) is 7.65. The number of para-hydroxylation sites is 1. The lowest BCUT2D eigenvalue weighted by atomic mass is 10.1. The standard InChI is InChI=1S/C22H27N5O6/c1-32-18-13-17(24-15-6-4-3-5-14(15)18)20(29)25-16(7-8-19(28)33-2)21(30)26-9-11-27(12-10-26)22(23)31/h3-6,13,16H,7-12H2,1-2H3,(H2,23,31)(H,25,29). The van der Waals surface area contributed by atoms with Gasteiger partial charge in [0, 0.05) is 44.1 Å². The molecule has 4 amide bonds. The molecule has 11 heteroatoms. The summed E-state index contributed by atoms with van der Waals surface area (Å²) in [5.41, 5.74) is 5.95. The van der Waals surface area contributed by atoms with Gasteiger partial charge in [-0.2, -0.15) is 0 Å². The number of nitrogens with two attached hydrogens (primary N) is 1. The molecule has 2 aromatic rings. The van der Waals surface area contributed by atoms with Crippen LogP contribution in [0.5, 0.6) is 5.75 Å². The van der Waals surface area contributed by atoms with Gasteiger partial charge in [-0.05, 0) is 18.6 Å². The number of hydrogen-bond donors (Lipinski definition) is 2. The number of nitrogens with zero attached hydrogens (tertiary/aromatic N) is 3. The first-order valence-electron chi connectivity index (χ1n) is 10.5. The van der Waals surface area contributed by atoms with Crippen molar-refractivity contribution in [2.75, 3.05) is 40.4 Å². The molecule has 1 aliphatic heterocycles. The number of carbonyl (C=O) groups is 4. The molecular formula is C22H27N5O6. The molecule has 0 spiro atoms. The number of nitrogens with one attached hydrogen (secondary N) is 1. The van der Waals surface area contributed by atoms with Crippen LogP contribution in [0.4, 0.5) is 4.79 Å². The Hall–Kier alpha value is -3.89. The number of benzene rings is 1. The number of esters is 1. The molecular weight excluding hydrogens is 430 g/mol. The highest BCUT2D eigenvalue weighted by Crippen LogP contribution is 2.25. The van der Waals surface area contributed by atoms with Gasteiger partial charge < -0.3 is 30.3 Å². The smallest absolute Gasteiger partial charge is 0.314 e. The van der Waals surface area contributed by atoms with E-state index in [-0.39, 0.29) is 37.5 Å². The van der Waals surface area contributed by atoms with Crippen molar-refractivity contribution in [1.82, 2.24) is 20.1 Å². The Bertz CT molecular complexity index is 1050. The van der Waals surface area contributed by atoms with Crippen molar-refractivity contribution in [3.05, 3.63) is 36.0 Å². The maximum Gasteiger partial charge on any atom is 0.314 e. The van der Waals surface area contributed by atoms with E-state index in [2.05, 4.69) is 15.0 Å². The summed E-state index contributed by atoms with van der Waals surface area (Å²) in [6, 6.07) is 7.20. The molecule has 1 aliphatic rings. The van der Waals surface area contributed by atoms with Crippen molar-refractivity contribution in [3.63, 3.8) is 0 Å². The molecule has 0 radical (unpaired) electrons. The first-order valence-corrected chi connectivity index (χ1v) is 10.5. The minimum Gasteiger partial charge on any atom is -0.496 e. The van der Waals surface area contributed by atoms with Gasteiger partial charge in [-0.15, -0.1) is 0 Å². The predicted octanol–water partition coefficient (Wildman–Crippen LogP) is 0.518. The number of ether oxygens (including phenoxy) is 2. The zero-order valence-electron chi connectivity index (χ0n) is 18.6. The maximum absolute atomic E-state index is 13.2. The first kappa shape index (κ1) is 23.8. The SMILES string of the molecule is COC(=O)CCC(NC(=O)c1cc(OC)c2ccccc2n1)C(=O)N1CCN(C(N)=O)CC1. The van der Waals surface area contributed by atoms with Gasteiger partial charge in [0.05, 0.1) is 19.7 Å². The van der Waals surface area contributed by atoms with Crippen molar-refractivity contribution >= 4 is 34.7 Å².